The highest BCUT2D eigenvalue weighted by molar-refractivity contribution is 5.95. The van der Waals surface area contributed by atoms with Gasteiger partial charge in [-0.1, -0.05) is 30.3 Å². The second kappa shape index (κ2) is 7.10. The molecule has 0 saturated carbocycles. The van der Waals surface area contributed by atoms with E-state index in [2.05, 4.69) is 10.2 Å². The van der Waals surface area contributed by atoms with Crippen LogP contribution in [0.2, 0.25) is 0 Å². The van der Waals surface area contributed by atoms with Crippen LogP contribution >= 0.6 is 0 Å². The molecule has 8 nitrogen and oxygen atoms in total. The molecule has 1 unspecified atom stereocenters. The van der Waals surface area contributed by atoms with Crippen LogP contribution in [0, 0.1) is 6.92 Å². The van der Waals surface area contributed by atoms with Crippen molar-refractivity contribution in [3.63, 3.8) is 0 Å². The fourth-order valence-electron chi connectivity index (χ4n) is 3.87. The minimum atomic E-state index is -0.410. The molecule has 1 aromatic carbocycles. The average Bonchev–Trinajstić information content (AvgIpc) is 3.26. The smallest absolute Gasteiger partial charge is 0.322 e. The largest absolute Gasteiger partial charge is 0.346 e. The van der Waals surface area contributed by atoms with E-state index in [0.29, 0.717) is 37.6 Å². The molecule has 3 heterocycles. The monoisotopic (exact) mass is 380 g/mol. The molecule has 1 atom stereocenters. The van der Waals surface area contributed by atoms with E-state index in [4.69, 9.17) is 0 Å². The number of aromatic nitrogens is 5. The quantitative estimate of drug-likeness (QED) is 0.692. The SMILES string of the molecule is CCn1ncc(C(=O)N2CCn3c(nn(CC)c3=O)C2c2ccccc2)c1C. The van der Waals surface area contributed by atoms with Crippen LogP contribution in [-0.4, -0.2) is 41.5 Å². The number of carbonyl (C=O) groups excluding carboxylic acids is 1. The molecule has 146 valence electrons. The van der Waals surface area contributed by atoms with Crippen molar-refractivity contribution in [2.24, 2.45) is 0 Å². The third-order valence-corrected chi connectivity index (χ3v) is 5.38. The number of nitrogens with zero attached hydrogens (tertiary/aromatic N) is 6. The molecule has 0 spiro atoms. The molecule has 1 amide bonds. The van der Waals surface area contributed by atoms with Crippen molar-refractivity contribution in [3.05, 3.63) is 69.7 Å². The lowest BCUT2D eigenvalue weighted by Crippen LogP contribution is -2.44. The molecule has 0 N–H and O–H groups in total. The van der Waals surface area contributed by atoms with Gasteiger partial charge in [-0.05, 0) is 26.3 Å². The number of fused-ring (bicyclic) bond motifs is 1. The zero-order valence-corrected chi connectivity index (χ0v) is 16.4. The Hall–Kier alpha value is -3.16. The number of carbonyl (C=O) groups is 1. The molecule has 1 aliphatic heterocycles. The third kappa shape index (κ3) is 2.76. The summed E-state index contributed by atoms with van der Waals surface area (Å²) in [6, 6.07) is 9.34. The summed E-state index contributed by atoms with van der Waals surface area (Å²) < 4.78 is 4.96. The van der Waals surface area contributed by atoms with Crippen molar-refractivity contribution in [2.75, 3.05) is 6.54 Å². The first-order valence-corrected chi connectivity index (χ1v) is 9.62. The number of amides is 1. The number of hydrogen-bond donors (Lipinski definition) is 0. The van der Waals surface area contributed by atoms with Gasteiger partial charge in [-0.15, -0.1) is 0 Å². The van der Waals surface area contributed by atoms with Crippen molar-refractivity contribution < 1.29 is 4.79 Å². The lowest BCUT2D eigenvalue weighted by Gasteiger charge is -2.35. The summed E-state index contributed by atoms with van der Waals surface area (Å²) in [4.78, 5) is 27.9. The van der Waals surface area contributed by atoms with Crippen LogP contribution in [0.15, 0.2) is 41.3 Å². The molecular weight excluding hydrogens is 356 g/mol. The molecule has 0 aliphatic carbocycles. The first kappa shape index (κ1) is 18.2. The predicted octanol–water partition coefficient (Wildman–Crippen LogP) is 1.83. The molecule has 1 aliphatic rings. The minimum Gasteiger partial charge on any atom is -0.322 e. The van der Waals surface area contributed by atoms with Gasteiger partial charge in [0, 0.05) is 31.9 Å². The Balaban J connectivity index is 1.83. The van der Waals surface area contributed by atoms with Gasteiger partial charge in [0.2, 0.25) is 0 Å². The highest BCUT2D eigenvalue weighted by Crippen LogP contribution is 2.31. The van der Waals surface area contributed by atoms with Crippen LogP contribution in [0.3, 0.4) is 0 Å². The van der Waals surface area contributed by atoms with E-state index in [1.54, 1.807) is 15.7 Å². The maximum atomic E-state index is 13.5. The van der Waals surface area contributed by atoms with Gasteiger partial charge >= 0.3 is 5.69 Å². The summed E-state index contributed by atoms with van der Waals surface area (Å²) in [5.41, 5.74) is 2.25. The van der Waals surface area contributed by atoms with Crippen LogP contribution in [-0.2, 0) is 19.6 Å². The number of benzene rings is 1. The van der Waals surface area contributed by atoms with Crippen LogP contribution in [0.1, 0.15) is 47.3 Å². The summed E-state index contributed by atoms with van der Waals surface area (Å²) in [7, 11) is 0. The number of aryl methyl sites for hydroxylation is 2. The van der Waals surface area contributed by atoms with E-state index in [1.165, 1.54) is 4.68 Å². The van der Waals surface area contributed by atoms with E-state index >= 15 is 0 Å². The average molecular weight is 380 g/mol. The zero-order chi connectivity index (χ0) is 19.8. The Labute approximate surface area is 163 Å². The Morgan fingerprint density at radius 2 is 1.82 bits per heavy atom. The van der Waals surface area contributed by atoms with Crippen molar-refractivity contribution >= 4 is 5.91 Å². The van der Waals surface area contributed by atoms with Gasteiger partial charge in [0.15, 0.2) is 5.82 Å². The van der Waals surface area contributed by atoms with Crippen LogP contribution < -0.4 is 5.69 Å². The summed E-state index contributed by atoms with van der Waals surface area (Å²) in [5, 5.41) is 8.87. The molecule has 4 rings (SSSR count). The van der Waals surface area contributed by atoms with Crippen molar-refractivity contribution in [3.8, 4) is 0 Å². The van der Waals surface area contributed by atoms with Crippen LogP contribution in [0.5, 0.6) is 0 Å². The summed E-state index contributed by atoms with van der Waals surface area (Å²) in [6.45, 7) is 7.88. The molecule has 0 fully saturated rings. The van der Waals surface area contributed by atoms with Gasteiger partial charge in [0.1, 0.15) is 6.04 Å². The Bertz CT molecular complexity index is 1060. The lowest BCUT2D eigenvalue weighted by atomic mass is 10.0. The topological polar surface area (TPSA) is 78.0 Å². The number of hydrogen-bond acceptors (Lipinski definition) is 4. The van der Waals surface area contributed by atoms with Crippen LogP contribution in [0.4, 0.5) is 0 Å². The molecule has 0 radical (unpaired) electrons. The van der Waals surface area contributed by atoms with E-state index in [0.717, 1.165) is 11.3 Å². The van der Waals surface area contributed by atoms with Crippen molar-refractivity contribution in [1.82, 2.24) is 29.0 Å². The van der Waals surface area contributed by atoms with E-state index < -0.39 is 6.04 Å². The summed E-state index contributed by atoms with van der Waals surface area (Å²) in [6.07, 6.45) is 1.63. The normalized spacial score (nSPS) is 16.2. The molecule has 3 aromatic rings. The zero-order valence-electron chi connectivity index (χ0n) is 16.4. The van der Waals surface area contributed by atoms with Gasteiger partial charge in [-0.25, -0.2) is 9.48 Å². The highest BCUT2D eigenvalue weighted by Gasteiger charge is 2.37. The van der Waals surface area contributed by atoms with Gasteiger partial charge in [0.25, 0.3) is 5.91 Å². The minimum absolute atomic E-state index is 0.0872. The molecule has 0 bridgehead atoms. The van der Waals surface area contributed by atoms with Crippen LogP contribution in [0.25, 0.3) is 0 Å². The Kier molecular flexibility index (Phi) is 4.62. The first-order valence-electron chi connectivity index (χ1n) is 9.62. The van der Waals surface area contributed by atoms with Gasteiger partial charge in [-0.3, -0.25) is 14.0 Å². The second-order valence-corrected chi connectivity index (χ2v) is 6.88. The molecular formula is C20H24N6O2. The fraction of sp³-hybridized carbons (Fsp3) is 0.400. The lowest BCUT2D eigenvalue weighted by molar-refractivity contribution is 0.0656. The summed E-state index contributed by atoms with van der Waals surface area (Å²) in [5.74, 6) is 0.522. The molecule has 8 heteroatoms. The number of rotatable bonds is 4. The maximum absolute atomic E-state index is 13.5. The van der Waals surface area contributed by atoms with Crippen molar-refractivity contribution in [1.29, 1.82) is 0 Å². The third-order valence-electron chi connectivity index (χ3n) is 5.38. The predicted molar refractivity (Wildman–Crippen MR) is 104 cm³/mol. The van der Waals surface area contributed by atoms with E-state index in [9.17, 15) is 9.59 Å². The molecule has 2 aromatic heterocycles. The Morgan fingerprint density at radius 3 is 2.46 bits per heavy atom. The molecule has 28 heavy (non-hydrogen) atoms. The van der Waals surface area contributed by atoms with Gasteiger partial charge < -0.3 is 4.90 Å². The maximum Gasteiger partial charge on any atom is 0.346 e. The standard InChI is InChI=1S/C20H24N6O2/c1-4-25-14(3)16(13-21-25)19(27)23-11-12-24-18(22-26(5-2)20(24)28)17(23)15-9-7-6-8-10-15/h6-10,13,17H,4-5,11-12H2,1-3H3. The first-order chi connectivity index (χ1) is 13.6. The second-order valence-electron chi connectivity index (χ2n) is 6.88. The fourth-order valence-corrected chi connectivity index (χ4v) is 3.87. The highest BCUT2D eigenvalue weighted by atomic mass is 16.2. The van der Waals surface area contributed by atoms with E-state index in [-0.39, 0.29) is 11.6 Å². The van der Waals surface area contributed by atoms with E-state index in [1.807, 2.05) is 55.8 Å². The Morgan fingerprint density at radius 1 is 1.11 bits per heavy atom. The van der Waals surface area contributed by atoms with Gasteiger partial charge in [-0.2, -0.15) is 10.2 Å². The van der Waals surface area contributed by atoms with Crippen molar-refractivity contribution in [2.45, 2.75) is 46.4 Å². The summed E-state index contributed by atoms with van der Waals surface area (Å²) >= 11 is 0. The molecule has 0 saturated heterocycles. The van der Waals surface area contributed by atoms with Gasteiger partial charge in [0.05, 0.1) is 11.8 Å².